The predicted molar refractivity (Wildman–Crippen MR) is 113 cm³/mol. The Labute approximate surface area is 170 Å². The molecule has 0 aliphatic rings. The van der Waals surface area contributed by atoms with Gasteiger partial charge in [-0.3, -0.25) is 18.6 Å². The minimum absolute atomic E-state index is 0.0295. The number of nitrogens with zero attached hydrogens (tertiary/aromatic N) is 4. The van der Waals surface area contributed by atoms with Gasteiger partial charge in [0.25, 0.3) is 5.56 Å². The third-order valence-corrected chi connectivity index (χ3v) is 5.46. The lowest BCUT2D eigenvalue weighted by molar-refractivity contribution is 0.102. The molecule has 0 aliphatic heterocycles. The molecule has 0 fully saturated rings. The fourth-order valence-corrected chi connectivity index (χ4v) is 3.95. The molecule has 0 spiro atoms. The summed E-state index contributed by atoms with van der Waals surface area (Å²) >= 11 is 1.28. The highest BCUT2D eigenvalue weighted by Crippen LogP contribution is 2.23. The number of carbonyl (C=O) groups excluding carboxylic acids is 1. The van der Waals surface area contributed by atoms with Crippen LogP contribution in [0.3, 0.4) is 0 Å². The molecule has 0 saturated carbocycles. The number of carbonyl (C=O) groups is 1. The number of ketones is 1. The zero-order valence-corrected chi connectivity index (χ0v) is 16.6. The lowest BCUT2D eigenvalue weighted by Gasteiger charge is -2.09. The number of rotatable bonds is 7. The van der Waals surface area contributed by atoms with Gasteiger partial charge in [0.1, 0.15) is 5.75 Å². The Morgan fingerprint density at radius 1 is 1.17 bits per heavy atom. The third kappa shape index (κ3) is 3.42. The molecule has 0 atom stereocenters. The van der Waals surface area contributed by atoms with Crippen LogP contribution in [-0.4, -0.2) is 37.8 Å². The molecule has 2 aromatic carbocycles. The van der Waals surface area contributed by atoms with Crippen molar-refractivity contribution in [3.63, 3.8) is 0 Å². The first-order valence-corrected chi connectivity index (χ1v) is 9.90. The first-order chi connectivity index (χ1) is 14.1. The molecule has 0 bridgehead atoms. The first kappa shape index (κ1) is 18.9. The van der Waals surface area contributed by atoms with Crippen molar-refractivity contribution in [3.8, 4) is 5.75 Å². The maximum absolute atomic E-state index is 12.8. The largest absolute Gasteiger partial charge is 0.497 e. The quantitative estimate of drug-likeness (QED) is 0.266. The number of hydrogen-bond acceptors (Lipinski definition) is 6. The van der Waals surface area contributed by atoms with Crippen molar-refractivity contribution < 1.29 is 9.53 Å². The second-order valence-corrected chi connectivity index (χ2v) is 7.22. The second kappa shape index (κ2) is 7.92. The molecule has 0 N–H and O–H groups in total. The van der Waals surface area contributed by atoms with Gasteiger partial charge in [-0.05, 0) is 36.4 Å². The number of methoxy groups -OCH3 is 1. The van der Waals surface area contributed by atoms with Crippen molar-refractivity contribution in [2.45, 2.75) is 11.7 Å². The lowest BCUT2D eigenvalue weighted by Crippen LogP contribution is -2.22. The average Bonchev–Trinajstić information content (AvgIpc) is 3.19. The second-order valence-electron chi connectivity index (χ2n) is 6.28. The van der Waals surface area contributed by atoms with Crippen molar-refractivity contribution in [3.05, 3.63) is 77.1 Å². The van der Waals surface area contributed by atoms with E-state index in [4.69, 9.17) is 4.74 Å². The van der Waals surface area contributed by atoms with Gasteiger partial charge < -0.3 is 4.74 Å². The fourth-order valence-electron chi connectivity index (χ4n) is 3.11. The molecule has 2 heterocycles. The van der Waals surface area contributed by atoms with E-state index in [9.17, 15) is 9.59 Å². The van der Waals surface area contributed by atoms with Crippen LogP contribution in [0.5, 0.6) is 5.75 Å². The molecular formula is C21H18N4O3S. The molecule has 0 aliphatic carbocycles. The summed E-state index contributed by atoms with van der Waals surface area (Å²) in [6.07, 6.45) is 1.64. The Hall–Kier alpha value is -3.39. The summed E-state index contributed by atoms with van der Waals surface area (Å²) in [6, 6.07) is 14.3. The maximum Gasteiger partial charge on any atom is 0.263 e. The third-order valence-electron chi connectivity index (χ3n) is 4.53. The van der Waals surface area contributed by atoms with Crippen LogP contribution in [0.15, 0.2) is 71.1 Å². The van der Waals surface area contributed by atoms with E-state index >= 15 is 0 Å². The van der Waals surface area contributed by atoms with Crippen molar-refractivity contribution in [2.75, 3.05) is 12.9 Å². The Morgan fingerprint density at radius 3 is 2.66 bits per heavy atom. The van der Waals surface area contributed by atoms with Gasteiger partial charge in [-0.25, -0.2) is 0 Å². The normalized spacial score (nSPS) is 11.1. The van der Waals surface area contributed by atoms with Gasteiger partial charge in [0, 0.05) is 12.1 Å². The molecule has 29 heavy (non-hydrogen) atoms. The van der Waals surface area contributed by atoms with E-state index in [1.165, 1.54) is 16.3 Å². The van der Waals surface area contributed by atoms with E-state index in [1.54, 1.807) is 43.5 Å². The van der Waals surface area contributed by atoms with E-state index in [1.807, 2.05) is 22.6 Å². The molecule has 0 saturated heterocycles. The average molecular weight is 406 g/mol. The molecule has 4 rings (SSSR count). The molecule has 7 nitrogen and oxygen atoms in total. The summed E-state index contributed by atoms with van der Waals surface area (Å²) in [5, 5.41) is 9.55. The predicted octanol–water partition coefficient (Wildman–Crippen LogP) is 3.21. The lowest BCUT2D eigenvalue weighted by atomic mass is 10.1. The van der Waals surface area contributed by atoms with Gasteiger partial charge >= 0.3 is 0 Å². The zero-order chi connectivity index (χ0) is 20.4. The molecule has 0 amide bonds. The van der Waals surface area contributed by atoms with E-state index in [-0.39, 0.29) is 17.1 Å². The summed E-state index contributed by atoms with van der Waals surface area (Å²) in [5.41, 5.74) is 1.16. The number of hydrogen-bond donors (Lipinski definition) is 0. The Kier molecular flexibility index (Phi) is 5.18. The van der Waals surface area contributed by atoms with Crippen LogP contribution in [0, 0.1) is 0 Å². The molecule has 146 valence electrons. The van der Waals surface area contributed by atoms with Crippen molar-refractivity contribution in [2.24, 2.45) is 0 Å². The molecule has 0 unspecified atom stereocenters. The van der Waals surface area contributed by atoms with E-state index < -0.39 is 0 Å². The van der Waals surface area contributed by atoms with E-state index in [0.29, 0.717) is 39.7 Å². The van der Waals surface area contributed by atoms with Crippen molar-refractivity contribution in [1.29, 1.82) is 0 Å². The van der Waals surface area contributed by atoms with Crippen LogP contribution in [0.4, 0.5) is 0 Å². The van der Waals surface area contributed by atoms with Crippen LogP contribution >= 0.6 is 11.8 Å². The topological polar surface area (TPSA) is 78.5 Å². The minimum Gasteiger partial charge on any atom is -0.497 e. The van der Waals surface area contributed by atoms with E-state index in [2.05, 4.69) is 16.8 Å². The van der Waals surface area contributed by atoms with E-state index in [0.717, 1.165) is 0 Å². The van der Waals surface area contributed by atoms with Gasteiger partial charge in [-0.1, -0.05) is 30.0 Å². The fraction of sp³-hybridized carbons (Fsp3) is 0.143. The van der Waals surface area contributed by atoms with Gasteiger partial charge in [0.15, 0.2) is 10.9 Å². The van der Waals surface area contributed by atoms with Crippen LogP contribution in [0.2, 0.25) is 0 Å². The number of allylic oxidation sites excluding steroid dienone is 1. The first-order valence-electron chi connectivity index (χ1n) is 8.91. The summed E-state index contributed by atoms with van der Waals surface area (Å²) in [5.74, 6) is 1.29. The summed E-state index contributed by atoms with van der Waals surface area (Å²) in [6.45, 7) is 4.04. The molecule has 2 aromatic heterocycles. The smallest absolute Gasteiger partial charge is 0.263 e. The number of Topliss-reactive ketones (excluding diaryl/α,β-unsaturated/α-hetero) is 1. The van der Waals surface area contributed by atoms with Gasteiger partial charge in [0.05, 0.1) is 23.8 Å². The zero-order valence-electron chi connectivity index (χ0n) is 15.7. The highest BCUT2D eigenvalue weighted by molar-refractivity contribution is 7.99. The molecule has 8 heteroatoms. The highest BCUT2D eigenvalue weighted by atomic mass is 32.2. The van der Waals surface area contributed by atoms with Crippen LogP contribution in [0.1, 0.15) is 10.4 Å². The number of aromatic nitrogens is 4. The minimum atomic E-state index is -0.147. The Bertz CT molecular complexity index is 1280. The molecule has 4 aromatic rings. The van der Waals surface area contributed by atoms with Crippen LogP contribution < -0.4 is 10.3 Å². The van der Waals surface area contributed by atoms with Crippen molar-refractivity contribution >= 4 is 34.2 Å². The van der Waals surface area contributed by atoms with Crippen molar-refractivity contribution in [1.82, 2.24) is 19.2 Å². The summed E-state index contributed by atoms with van der Waals surface area (Å²) in [4.78, 5) is 25.4. The molecule has 0 radical (unpaired) electrons. The molecular weight excluding hydrogens is 388 g/mol. The highest BCUT2D eigenvalue weighted by Gasteiger charge is 2.17. The number of thioether (sulfide) groups is 1. The number of ether oxygens (including phenoxy) is 1. The standard InChI is InChI=1S/C21H18N4O3S/c1-3-12-24-19(27)16-6-4-5-7-17(16)25-20(24)22-23-21(25)29-13-18(26)14-8-10-15(28-2)11-9-14/h3-11H,1,12-13H2,2H3. The van der Waals surface area contributed by atoms with Gasteiger partial charge in [-0.15, -0.1) is 16.8 Å². The number of benzene rings is 2. The monoisotopic (exact) mass is 406 g/mol. The summed E-state index contributed by atoms with van der Waals surface area (Å²) < 4.78 is 8.46. The van der Waals surface area contributed by atoms with Crippen LogP contribution in [-0.2, 0) is 6.54 Å². The SMILES string of the molecule is C=CCn1c(=O)c2ccccc2n2c(SCC(=O)c3ccc(OC)cc3)nnc12. The van der Waals surface area contributed by atoms with Gasteiger partial charge in [0.2, 0.25) is 5.78 Å². The van der Waals surface area contributed by atoms with Crippen LogP contribution in [0.25, 0.3) is 16.7 Å². The van der Waals surface area contributed by atoms with Gasteiger partial charge in [-0.2, -0.15) is 0 Å². The number of fused-ring (bicyclic) bond motifs is 3. The maximum atomic E-state index is 12.8. The summed E-state index contributed by atoms with van der Waals surface area (Å²) in [7, 11) is 1.58. The Morgan fingerprint density at radius 2 is 1.93 bits per heavy atom. The Balaban J connectivity index is 1.72. The number of para-hydroxylation sites is 1.